The van der Waals surface area contributed by atoms with E-state index in [-0.39, 0.29) is 11.0 Å². The number of carbonyl (C=O) groups excluding carboxylic acids is 1. The van der Waals surface area contributed by atoms with Gasteiger partial charge in [-0.2, -0.15) is 0 Å². The standard InChI is InChI=1S/C21H25N3O3S/c1-26-18-11-6-15(14-19(18)27-2)20(25)23-21(28)22-16-7-9-17(10-8-16)24-12-4-3-5-13-24/h6-11,14H,3-5,12-13H2,1-2H3,(H2,22,23,25,28). The van der Waals surface area contributed by atoms with Crippen molar-refractivity contribution >= 4 is 34.6 Å². The highest BCUT2D eigenvalue weighted by Gasteiger charge is 2.13. The van der Waals surface area contributed by atoms with Crippen molar-refractivity contribution in [2.24, 2.45) is 0 Å². The van der Waals surface area contributed by atoms with Crippen LogP contribution >= 0.6 is 12.2 Å². The van der Waals surface area contributed by atoms with Crippen molar-refractivity contribution in [1.29, 1.82) is 0 Å². The van der Waals surface area contributed by atoms with Crippen LogP contribution in [0.4, 0.5) is 11.4 Å². The van der Waals surface area contributed by atoms with Crippen LogP contribution in [0.25, 0.3) is 0 Å². The quantitative estimate of drug-likeness (QED) is 0.746. The zero-order valence-corrected chi connectivity index (χ0v) is 17.0. The monoisotopic (exact) mass is 399 g/mol. The van der Waals surface area contributed by atoms with Gasteiger partial charge in [-0.15, -0.1) is 0 Å². The van der Waals surface area contributed by atoms with Gasteiger partial charge in [0, 0.05) is 30.0 Å². The number of amides is 1. The van der Waals surface area contributed by atoms with Gasteiger partial charge in [0.05, 0.1) is 14.2 Å². The molecule has 1 heterocycles. The molecule has 0 radical (unpaired) electrons. The fourth-order valence-corrected chi connectivity index (χ4v) is 3.43. The molecular weight excluding hydrogens is 374 g/mol. The van der Waals surface area contributed by atoms with Gasteiger partial charge in [0.15, 0.2) is 16.6 Å². The molecule has 2 aromatic rings. The number of nitrogens with zero attached hydrogens (tertiary/aromatic N) is 1. The van der Waals surface area contributed by atoms with Gasteiger partial charge in [-0.25, -0.2) is 0 Å². The summed E-state index contributed by atoms with van der Waals surface area (Å²) in [4.78, 5) is 14.8. The summed E-state index contributed by atoms with van der Waals surface area (Å²) in [6.45, 7) is 2.21. The van der Waals surface area contributed by atoms with Crippen LogP contribution in [0.5, 0.6) is 11.5 Å². The first-order valence-corrected chi connectivity index (χ1v) is 9.71. The van der Waals surface area contributed by atoms with E-state index in [9.17, 15) is 4.79 Å². The van der Waals surface area contributed by atoms with Crippen LogP contribution < -0.4 is 25.0 Å². The van der Waals surface area contributed by atoms with E-state index in [1.54, 1.807) is 25.3 Å². The molecular formula is C21H25N3O3S. The third-order valence-electron chi connectivity index (χ3n) is 4.72. The van der Waals surface area contributed by atoms with E-state index < -0.39 is 0 Å². The number of hydrogen-bond acceptors (Lipinski definition) is 5. The van der Waals surface area contributed by atoms with Crippen LogP contribution in [-0.2, 0) is 0 Å². The topological polar surface area (TPSA) is 62.8 Å². The molecule has 6 nitrogen and oxygen atoms in total. The van der Waals surface area contributed by atoms with Gasteiger partial charge in [0.25, 0.3) is 5.91 Å². The summed E-state index contributed by atoms with van der Waals surface area (Å²) < 4.78 is 10.4. The van der Waals surface area contributed by atoms with Gasteiger partial charge >= 0.3 is 0 Å². The minimum Gasteiger partial charge on any atom is -0.493 e. The lowest BCUT2D eigenvalue weighted by Gasteiger charge is -2.28. The lowest BCUT2D eigenvalue weighted by Crippen LogP contribution is -2.34. The molecule has 1 amide bonds. The van der Waals surface area contributed by atoms with E-state index in [4.69, 9.17) is 21.7 Å². The molecule has 1 aliphatic rings. The van der Waals surface area contributed by atoms with Gasteiger partial charge in [0.1, 0.15) is 0 Å². The normalized spacial score (nSPS) is 13.6. The summed E-state index contributed by atoms with van der Waals surface area (Å²) in [6, 6.07) is 13.1. The van der Waals surface area contributed by atoms with Crippen LogP contribution in [0.15, 0.2) is 42.5 Å². The van der Waals surface area contributed by atoms with Crippen LogP contribution in [0.2, 0.25) is 0 Å². The zero-order chi connectivity index (χ0) is 19.9. The highest BCUT2D eigenvalue weighted by atomic mass is 32.1. The van der Waals surface area contributed by atoms with Crippen LogP contribution in [0, 0.1) is 0 Å². The molecule has 0 spiro atoms. The highest BCUT2D eigenvalue weighted by molar-refractivity contribution is 7.80. The molecule has 1 fully saturated rings. The summed E-state index contributed by atoms with van der Waals surface area (Å²) in [6.07, 6.45) is 3.79. The van der Waals surface area contributed by atoms with Crippen molar-refractivity contribution in [3.05, 3.63) is 48.0 Å². The lowest BCUT2D eigenvalue weighted by molar-refractivity contribution is 0.0977. The van der Waals surface area contributed by atoms with Crippen molar-refractivity contribution in [3.63, 3.8) is 0 Å². The molecule has 1 aliphatic heterocycles. The number of benzene rings is 2. The van der Waals surface area contributed by atoms with Crippen molar-refractivity contribution in [3.8, 4) is 11.5 Å². The van der Waals surface area contributed by atoms with E-state index in [2.05, 4.69) is 27.7 Å². The Morgan fingerprint density at radius 3 is 2.29 bits per heavy atom. The number of rotatable bonds is 5. The third-order valence-corrected chi connectivity index (χ3v) is 4.92. The Balaban J connectivity index is 1.58. The largest absolute Gasteiger partial charge is 0.493 e. The summed E-state index contributed by atoms with van der Waals surface area (Å²) in [5.41, 5.74) is 2.48. The Labute approximate surface area is 170 Å². The van der Waals surface area contributed by atoms with Crippen molar-refractivity contribution in [2.45, 2.75) is 19.3 Å². The molecule has 0 unspecified atom stereocenters. The third kappa shape index (κ3) is 4.92. The van der Waals surface area contributed by atoms with E-state index in [1.165, 1.54) is 32.1 Å². The fourth-order valence-electron chi connectivity index (χ4n) is 3.22. The van der Waals surface area contributed by atoms with Gasteiger partial charge < -0.3 is 19.7 Å². The molecule has 0 aromatic heterocycles. The van der Waals surface area contributed by atoms with Crippen LogP contribution in [0.1, 0.15) is 29.6 Å². The maximum atomic E-state index is 12.4. The number of methoxy groups -OCH3 is 2. The van der Waals surface area contributed by atoms with Crippen molar-refractivity contribution in [1.82, 2.24) is 5.32 Å². The minimum absolute atomic E-state index is 0.241. The first kappa shape index (κ1) is 19.9. The van der Waals surface area contributed by atoms with Crippen LogP contribution in [-0.4, -0.2) is 38.3 Å². The van der Waals surface area contributed by atoms with Crippen molar-refractivity contribution in [2.75, 3.05) is 37.5 Å². The van der Waals surface area contributed by atoms with E-state index in [1.807, 2.05) is 12.1 Å². The van der Waals surface area contributed by atoms with Crippen molar-refractivity contribution < 1.29 is 14.3 Å². The van der Waals surface area contributed by atoms with E-state index >= 15 is 0 Å². The molecule has 0 atom stereocenters. The van der Waals surface area contributed by atoms with Crippen LogP contribution in [0.3, 0.4) is 0 Å². The Bertz CT molecular complexity index is 833. The van der Waals surface area contributed by atoms with Gasteiger partial charge in [-0.1, -0.05) is 0 Å². The van der Waals surface area contributed by atoms with Gasteiger partial charge in [-0.3, -0.25) is 10.1 Å². The maximum Gasteiger partial charge on any atom is 0.257 e. The Morgan fingerprint density at radius 1 is 0.964 bits per heavy atom. The summed E-state index contributed by atoms with van der Waals surface area (Å²) >= 11 is 5.27. The number of anilines is 2. The number of nitrogens with one attached hydrogen (secondary N) is 2. The summed E-state index contributed by atoms with van der Waals surface area (Å²) in [5.74, 6) is 0.735. The molecule has 3 rings (SSSR count). The predicted molar refractivity (Wildman–Crippen MR) is 116 cm³/mol. The van der Waals surface area contributed by atoms with E-state index in [0.29, 0.717) is 17.1 Å². The lowest BCUT2D eigenvalue weighted by atomic mass is 10.1. The van der Waals surface area contributed by atoms with E-state index in [0.717, 1.165) is 18.8 Å². The smallest absolute Gasteiger partial charge is 0.257 e. The Morgan fingerprint density at radius 2 is 1.64 bits per heavy atom. The molecule has 28 heavy (non-hydrogen) atoms. The second-order valence-electron chi connectivity index (χ2n) is 6.57. The fraction of sp³-hybridized carbons (Fsp3) is 0.333. The first-order valence-electron chi connectivity index (χ1n) is 9.30. The highest BCUT2D eigenvalue weighted by Crippen LogP contribution is 2.27. The molecule has 1 saturated heterocycles. The molecule has 148 valence electrons. The number of carbonyl (C=O) groups is 1. The predicted octanol–water partition coefficient (Wildman–Crippen LogP) is 3.82. The van der Waals surface area contributed by atoms with Gasteiger partial charge in [0.2, 0.25) is 0 Å². The molecule has 2 aromatic carbocycles. The summed E-state index contributed by atoms with van der Waals surface area (Å²) in [7, 11) is 3.08. The minimum atomic E-state index is -0.316. The maximum absolute atomic E-state index is 12.4. The number of piperidine rings is 1. The molecule has 7 heteroatoms. The average molecular weight is 400 g/mol. The molecule has 0 bridgehead atoms. The number of ether oxygens (including phenoxy) is 2. The molecule has 0 saturated carbocycles. The van der Waals surface area contributed by atoms with Gasteiger partial charge in [-0.05, 0) is 73.9 Å². The molecule has 2 N–H and O–H groups in total. The second-order valence-corrected chi connectivity index (χ2v) is 6.98. The first-order chi connectivity index (χ1) is 13.6. The average Bonchev–Trinajstić information content (AvgIpc) is 2.74. The second kappa shape index (κ2) is 9.41. The molecule has 0 aliphatic carbocycles. The Hall–Kier alpha value is -2.80. The number of hydrogen-bond donors (Lipinski definition) is 2. The number of thiocarbonyl (C=S) groups is 1. The SMILES string of the molecule is COc1ccc(C(=O)NC(=S)Nc2ccc(N3CCCCC3)cc2)cc1OC. The Kier molecular flexibility index (Phi) is 6.71. The zero-order valence-electron chi connectivity index (χ0n) is 16.2. The summed E-state index contributed by atoms with van der Waals surface area (Å²) in [5, 5.41) is 5.98.